The Bertz CT molecular complexity index is 643. The first-order valence-electron chi connectivity index (χ1n) is 6.79. The van der Waals surface area contributed by atoms with Crippen LogP contribution in [0.25, 0.3) is 0 Å². The number of thioether (sulfide) groups is 1. The van der Waals surface area contributed by atoms with Gasteiger partial charge in [-0.25, -0.2) is 9.78 Å². The molecule has 7 heteroatoms. The molecule has 1 aromatic carbocycles. The van der Waals surface area contributed by atoms with Gasteiger partial charge in [-0.3, -0.25) is 0 Å². The van der Waals surface area contributed by atoms with E-state index in [-0.39, 0.29) is 11.2 Å². The van der Waals surface area contributed by atoms with Crippen LogP contribution >= 0.6 is 34.7 Å². The third-order valence-electron chi connectivity index (χ3n) is 2.99. The molecule has 0 radical (unpaired) electrons. The summed E-state index contributed by atoms with van der Waals surface area (Å²) < 4.78 is 4.67. The van der Waals surface area contributed by atoms with Gasteiger partial charge in [0.15, 0.2) is 15.2 Å². The monoisotopic (exact) mass is 356 g/mol. The first-order valence-corrected chi connectivity index (χ1v) is 8.97. The highest BCUT2D eigenvalue weighted by Gasteiger charge is 2.18. The van der Waals surface area contributed by atoms with Crippen molar-refractivity contribution in [2.75, 3.05) is 18.2 Å². The molecule has 2 rings (SSSR count). The molecule has 0 aliphatic rings. The lowest BCUT2D eigenvalue weighted by atomic mass is 10.1. The predicted molar refractivity (Wildman–Crippen MR) is 93.3 cm³/mol. The summed E-state index contributed by atoms with van der Waals surface area (Å²) in [5, 5.41) is 4.03. The average Bonchev–Trinajstić information content (AvgIpc) is 2.88. The van der Waals surface area contributed by atoms with Gasteiger partial charge in [0.25, 0.3) is 0 Å². The van der Waals surface area contributed by atoms with E-state index >= 15 is 0 Å². The molecule has 1 aromatic heterocycles. The summed E-state index contributed by atoms with van der Waals surface area (Å²) in [5.41, 5.74) is 1.14. The molecular weight excluding hydrogens is 340 g/mol. The molecule has 118 valence electrons. The van der Waals surface area contributed by atoms with Gasteiger partial charge >= 0.3 is 5.97 Å². The number of nitrogens with one attached hydrogen (secondary N) is 1. The second-order valence-electron chi connectivity index (χ2n) is 4.50. The number of ether oxygens (including phenoxy) is 1. The van der Waals surface area contributed by atoms with Gasteiger partial charge in [-0.05, 0) is 30.4 Å². The Morgan fingerprint density at radius 2 is 2.14 bits per heavy atom. The van der Waals surface area contributed by atoms with E-state index in [1.165, 1.54) is 23.3 Å². The molecule has 0 saturated carbocycles. The standard InChI is InChI=1S/C15H17ClN2O2S2/c1-4-21-11-7-5-10(6-8-11)9(2)17-15-18-13(16)12(22-15)14(19)20-3/h5-9H,4H2,1-3H3,(H,17,18). The molecule has 1 heterocycles. The summed E-state index contributed by atoms with van der Waals surface area (Å²) in [6.45, 7) is 4.17. The number of aromatic nitrogens is 1. The van der Waals surface area contributed by atoms with Gasteiger partial charge in [-0.15, -0.1) is 11.8 Å². The number of esters is 1. The van der Waals surface area contributed by atoms with E-state index < -0.39 is 5.97 Å². The molecule has 4 nitrogen and oxygen atoms in total. The zero-order chi connectivity index (χ0) is 16.1. The topological polar surface area (TPSA) is 51.2 Å². The van der Waals surface area contributed by atoms with E-state index in [2.05, 4.69) is 46.2 Å². The van der Waals surface area contributed by atoms with E-state index in [4.69, 9.17) is 11.6 Å². The number of hydrogen-bond acceptors (Lipinski definition) is 6. The average molecular weight is 357 g/mol. The number of carbonyl (C=O) groups is 1. The fraction of sp³-hybridized carbons (Fsp3) is 0.333. The van der Waals surface area contributed by atoms with E-state index in [0.717, 1.165) is 11.3 Å². The highest BCUT2D eigenvalue weighted by Crippen LogP contribution is 2.30. The largest absolute Gasteiger partial charge is 0.465 e. The maximum atomic E-state index is 11.5. The lowest BCUT2D eigenvalue weighted by Gasteiger charge is -2.13. The number of thiazole rings is 1. The van der Waals surface area contributed by atoms with Crippen molar-refractivity contribution < 1.29 is 9.53 Å². The van der Waals surface area contributed by atoms with Gasteiger partial charge in [0.1, 0.15) is 0 Å². The Hall–Kier alpha value is -1.24. The Morgan fingerprint density at radius 3 is 2.73 bits per heavy atom. The van der Waals surface area contributed by atoms with Crippen LogP contribution in [-0.4, -0.2) is 23.8 Å². The van der Waals surface area contributed by atoms with Gasteiger partial charge in [0.05, 0.1) is 13.2 Å². The third-order valence-corrected chi connectivity index (χ3v) is 5.23. The van der Waals surface area contributed by atoms with Crippen molar-refractivity contribution in [3.63, 3.8) is 0 Å². The molecule has 2 aromatic rings. The maximum absolute atomic E-state index is 11.5. The van der Waals surface area contributed by atoms with Crippen molar-refractivity contribution in [2.45, 2.75) is 24.8 Å². The van der Waals surface area contributed by atoms with Crippen LogP contribution in [0, 0.1) is 0 Å². The molecular formula is C15H17ClN2O2S2. The van der Waals surface area contributed by atoms with E-state index in [0.29, 0.717) is 10.0 Å². The molecule has 0 fully saturated rings. The van der Waals surface area contributed by atoms with Gasteiger partial charge in [-0.2, -0.15) is 0 Å². The Morgan fingerprint density at radius 1 is 1.45 bits per heavy atom. The smallest absolute Gasteiger partial charge is 0.351 e. The van der Waals surface area contributed by atoms with Crippen molar-refractivity contribution in [1.82, 2.24) is 4.98 Å². The van der Waals surface area contributed by atoms with E-state index in [1.807, 2.05) is 18.7 Å². The number of anilines is 1. The predicted octanol–water partition coefficient (Wildman–Crippen LogP) is 4.87. The van der Waals surface area contributed by atoms with Crippen LogP contribution in [0.2, 0.25) is 5.15 Å². The number of halogens is 1. The Balaban J connectivity index is 2.08. The Labute approximate surface area is 143 Å². The highest BCUT2D eigenvalue weighted by atomic mass is 35.5. The molecule has 0 bridgehead atoms. The fourth-order valence-electron chi connectivity index (χ4n) is 1.87. The number of carbonyl (C=O) groups excluding carboxylic acids is 1. The van der Waals surface area contributed by atoms with Crippen LogP contribution in [0.1, 0.15) is 35.1 Å². The lowest BCUT2D eigenvalue weighted by Crippen LogP contribution is -2.06. The molecule has 0 amide bonds. The quantitative estimate of drug-likeness (QED) is 0.591. The second-order valence-corrected chi connectivity index (χ2v) is 7.19. The second kappa shape index (κ2) is 7.85. The molecule has 1 N–H and O–H groups in total. The first kappa shape index (κ1) is 17.1. The third kappa shape index (κ3) is 4.15. The van der Waals surface area contributed by atoms with E-state index in [1.54, 1.807) is 0 Å². The first-order chi connectivity index (χ1) is 10.5. The van der Waals surface area contributed by atoms with Crippen LogP contribution in [0.15, 0.2) is 29.2 Å². The molecule has 0 aliphatic heterocycles. The lowest BCUT2D eigenvalue weighted by molar-refractivity contribution is 0.0606. The summed E-state index contributed by atoms with van der Waals surface area (Å²) in [7, 11) is 1.32. The summed E-state index contributed by atoms with van der Waals surface area (Å²) in [6.07, 6.45) is 0. The number of benzene rings is 1. The normalized spacial score (nSPS) is 12.0. The van der Waals surface area contributed by atoms with Gasteiger partial charge < -0.3 is 10.1 Å². The number of methoxy groups -OCH3 is 1. The molecule has 0 saturated heterocycles. The minimum Gasteiger partial charge on any atom is -0.465 e. The number of hydrogen-bond donors (Lipinski definition) is 1. The van der Waals surface area contributed by atoms with Crippen molar-refractivity contribution in [3.8, 4) is 0 Å². The summed E-state index contributed by atoms with van der Waals surface area (Å²) in [6, 6.07) is 8.46. The summed E-state index contributed by atoms with van der Waals surface area (Å²) in [5.74, 6) is 0.588. The van der Waals surface area contributed by atoms with Crippen molar-refractivity contribution in [2.24, 2.45) is 0 Å². The molecule has 0 aliphatic carbocycles. The van der Waals surface area contributed by atoms with Crippen LogP contribution in [0.5, 0.6) is 0 Å². The zero-order valence-electron chi connectivity index (χ0n) is 12.6. The zero-order valence-corrected chi connectivity index (χ0v) is 14.9. The minimum atomic E-state index is -0.468. The molecule has 1 unspecified atom stereocenters. The molecule has 1 atom stereocenters. The van der Waals surface area contributed by atoms with Crippen LogP contribution < -0.4 is 5.32 Å². The van der Waals surface area contributed by atoms with Crippen LogP contribution in [-0.2, 0) is 4.74 Å². The SMILES string of the molecule is CCSc1ccc(C(C)Nc2nc(Cl)c(C(=O)OC)s2)cc1. The Kier molecular flexibility index (Phi) is 6.11. The maximum Gasteiger partial charge on any atom is 0.351 e. The van der Waals surface area contributed by atoms with Gasteiger partial charge in [0.2, 0.25) is 0 Å². The molecule has 0 spiro atoms. The van der Waals surface area contributed by atoms with Crippen molar-refractivity contribution in [3.05, 3.63) is 39.9 Å². The summed E-state index contributed by atoms with van der Waals surface area (Å²) in [4.78, 5) is 17.3. The molecule has 22 heavy (non-hydrogen) atoms. The van der Waals surface area contributed by atoms with Gasteiger partial charge in [-0.1, -0.05) is 42.0 Å². The number of nitrogens with zero attached hydrogens (tertiary/aromatic N) is 1. The number of rotatable bonds is 6. The van der Waals surface area contributed by atoms with Gasteiger partial charge in [0, 0.05) is 4.90 Å². The fourth-order valence-corrected chi connectivity index (χ4v) is 3.72. The van der Waals surface area contributed by atoms with Crippen molar-refractivity contribution >= 4 is 45.8 Å². The van der Waals surface area contributed by atoms with E-state index in [9.17, 15) is 4.79 Å². The minimum absolute atomic E-state index is 0.0633. The van der Waals surface area contributed by atoms with Crippen LogP contribution in [0.3, 0.4) is 0 Å². The summed E-state index contributed by atoms with van der Waals surface area (Å²) >= 11 is 8.96. The highest BCUT2D eigenvalue weighted by molar-refractivity contribution is 7.99. The van der Waals surface area contributed by atoms with Crippen molar-refractivity contribution in [1.29, 1.82) is 0 Å². The van der Waals surface area contributed by atoms with Crippen LogP contribution in [0.4, 0.5) is 5.13 Å².